The van der Waals surface area contributed by atoms with Crippen LogP contribution in [0.1, 0.15) is 22.8 Å². The van der Waals surface area contributed by atoms with Gasteiger partial charge in [0.2, 0.25) is 0 Å². The Hall–Kier alpha value is -3.00. The fourth-order valence-electron chi connectivity index (χ4n) is 2.42. The van der Waals surface area contributed by atoms with Gasteiger partial charge < -0.3 is 10.4 Å². The summed E-state index contributed by atoms with van der Waals surface area (Å²) in [5.41, 5.74) is 1.07. The molecule has 128 valence electrons. The predicted molar refractivity (Wildman–Crippen MR) is 96.7 cm³/mol. The van der Waals surface area contributed by atoms with Crippen LogP contribution in [0.15, 0.2) is 40.8 Å². The molecule has 3 rings (SSSR count). The van der Waals surface area contributed by atoms with Crippen molar-refractivity contribution in [2.45, 2.75) is 20.4 Å². The van der Waals surface area contributed by atoms with Crippen LogP contribution in [0.25, 0.3) is 10.6 Å². The standard InChI is InChI=1S/C17H16N4O3S/c1-3-21-16(22)15(19-11-9-18-7-6-10(11)2)13(17(23)24)14(20-21)12-5-4-8-25-12/h4-9,19H,3H2,1-2H3,(H,23,24). The number of hydrogen-bond acceptors (Lipinski definition) is 6. The highest BCUT2D eigenvalue weighted by Crippen LogP contribution is 2.30. The summed E-state index contributed by atoms with van der Waals surface area (Å²) < 4.78 is 1.26. The van der Waals surface area contributed by atoms with Crippen molar-refractivity contribution in [3.05, 3.63) is 57.5 Å². The molecule has 0 aromatic carbocycles. The number of aryl methyl sites for hydroxylation is 2. The summed E-state index contributed by atoms with van der Waals surface area (Å²) in [7, 11) is 0. The number of carboxylic acids is 1. The van der Waals surface area contributed by atoms with Gasteiger partial charge >= 0.3 is 5.97 Å². The Bertz CT molecular complexity index is 980. The summed E-state index contributed by atoms with van der Waals surface area (Å²) in [4.78, 5) is 29.4. The van der Waals surface area contributed by atoms with Gasteiger partial charge in [0.1, 0.15) is 16.9 Å². The smallest absolute Gasteiger partial charge is 0.340 e. The lowest BCUT2D eigenvalue weighted by Crippen LogP contribution is -2.28. The van der Waals surface area contributed by atoms with Gasteiger partial charge in [0, 0.05) is 12.7 Å². The molecule has 0 unspecified atom stereocenters. The summed E-state index contributed by atoms with van der Waals surface area (Å²) in [6.45, 7) is 3.97. The van der Waals surface area contributed by atoms with Gasteiger partial charge in [0.15, 0.2) is 0 Å². The molecule has 0 spiro atoms. The number of hydrogen-bond donors (Lipinski definition) is 2. The molecule has 0 amide bonds. The van der Waals surface area contributed by atoms with E-state index >= 15 is 0 Å². The minimum absolute atomic E-state index is 0.0103. The minimum Gasteiger partial charge on any atom is -0.478 e. The van der Waals surface area contributed by atoms with E-state index in [-0.39, 0.29) is 16.9 Å². The molecule has 3 aromatic rings. The van der Waals surface area contributed by atoms with Crippen LogP contribution in [-0.2, 0) is 6.54 Å². The molecule has 0 fully saturated rings. The second-order valence-corrected chi connectivity index (χ2v) is 6.27. The van der Waals surface area contributed by atoms with Gasteiger partial charge in [-0.1, -0.05) is 6.07 Å². The monoisotopic (exact) mass is 356 g/mol. The van der Waals surface area contributed by atoms with E-state index in [1.807, 2.05) is 18.4 Å². The van der Waals surface area contributed by atoms with Crippen LogP contribution in [0, 0.1) is 6.92 Å². The second-order valence-electron chi connectivity index (χ2n) is 5.32. The van der Waals surface area contributed by atoms with E-state index in [1.54, 1.807) is 31.5 Å². The van der Waals surface area contributed by atoms with E-state index in [2.05, 4.69) is 15.4 Å². The molecule has 0 saturated carbocycles. The maximum Gasteiger partial charge on any atom is 0.340 e. The maximum absolute atomic E-state index is 12.7. The Morgan fingerprint density at radius 2 is 2.20 bits per heavy atom. The second kappa shape index (κ2) is 6.86. The van der Waals surface area contributed by atoms with Gasteiger partial charge in [-0.15, -0.1) is 11.3 Å². The molecule has 0 aliphatic carbocycles. The fraction of sp³-hybridized carbons (Fsp3) is 0.176. The molecule has 7 nitrogen and oxygen atoms in total. The molecule has 0 bridgehead atoms. The molecular formula is C17H16N4O3S. The summed E-state index contributed by atoms with van der Waals surface area (Å²) in [6.07, 6.45) is 3.19. The zero-order valence-electron chi connectivity index (χ0n) is 13.7. The Kier molecular flexibility index (Phi) is 4.62. The van der Waals surface area contributed by atoms with E-state index < -0.39 is 11.5 Å². The predicted octanol–water partition coefficient (Wildman–Crippen LogP) is 3.14. The molecular weight excluding hydrogens is 340 g/mol. The van der Waals surface area contributed by atoms with E-state index in [1.165, 1.54) is 16.0 Å². The van der Waals surface area contributed by atoms with Crippen LogP contribution in [-0.4, -0.2) is 25.8 Å². The average molecular weight is 356 g/mol. The summed E-state index contributed by atoms with van der Waals surface area (Å²) in [5.74, 6) is -1.21. The average Bonchev–Trinajstić information content (AvgIpc) is 3.12. The van der Waals surface area contributed by atoms with Crippen molar-refractivity contribution in [2.75, 3.05) is 5.32 Å². The third-order valence-corrected chi connectivity index (χ3v) is 4.60. The lowest BCUT2D eigenvalue weighted by molar-refractivity contribution is 0.0698. The third-order valence-electron chi connectivity index (χ3n) is 3.72. The number of pyridine rings is 1. The molecule has 2 N–H and O–H groups in total. The number of carbonyl (C=O) groups is 1. The highest BCUT2D eigenvalue weighted by Gasteiger charge is 2.24. The van der Waals surface area contributed by atoms with Gasteiger partial charge in [-0.3, -0.25) is 9.78 Å². The number of aromatic nitrogens is 3. The normalized spacial score (nSPS) is 10.6. The van der Waals surface area contributed by atoms with Crippen molar-refractivity contribution >= 4 is 28.7 Å². The number of anilines is 2. The van der Waals surface area contributed by atoms with Crippen LogP contribution < -0.4 is 10.9 Å². The summed E-state index contributed by atoms with van der Waals surface area (Å²) in [5, 5.41) is 18.8. The zero-order chi connectivity index (χ0) is 18.0. The van der Waals surface area contributed by atoms with Crippen LogP contribution in [0.5, 0.6) is 0 Å². The molecule has 25 heavy (non-hydrogen) atoms. The van der Waals surface area contributed by atoms with Crippen molar-refractivity contribution in [2.24, 2.45) is 0 Å². The van der Waals surface area contributed by atoms with E-state index in [0.29, 0.717) is 17.1 Å². The first-order valence-corrected chi connectivity index (χ1v) is 8.50. The lowest BCUT2D eigenvalue weighted by Gasteiger charge is -2.15. The number of nitrogens with one attached hydrogen (secondary N) is 1. The van der Waals surface area contributed by atoms with Crippen LogP contribution in [0.2, 0.25) is 0 Å². The van der Waals surface area contributed by atoms with Gasteiger partial charge in [-0.05, 0) is 36.9 Å². The van der Waals surface area contributed by atoms with Gasteiger partial charge in [0.05, 0.1) is 16.8 Å². The first-order valence-electron chi connectivity index (χ1n) is 7.62. The van der Waals surface area contributed by atoms with E-state index in [0.717, 1.165) is 5.56 Å². The van der Waals surface area contributed by atoms with Crippen molar-refractivity contribution in [1.29, 1.82) is 0 Å². The maximum atomic E-state index is 12.7. The molecule has 0 aliphatic rings. The SMILES string of the molecule is CCn1nc(-c2cccs2)c(C(=O)O)c(Nc2cnccc2C)c1=O. The van der Waals surface area contributed by atoms with Gasteiger partial charge in [-0.2, -0.15) is 5.10 Å². The minimum atomic E-state index is -1.21. The summed E-state index contributed by atoms with van der Waals surface area (Å²) in [6, 6.07) is 5.37. The van der Waals surface area contributed by atoms with Crippen molar-refractivity contribution < 1.29 is 9.90 Å². The first kappa shape index (κ1) is 16.8. The Balaban J connectivity index is 2.29. The van der Waals surface area contributed by atoms with Crippen LogP contribution in [0.3, 0.4) is 0 Å². The van der Waals surface area contributed by atoms with E-state index in [9.17, 15) is 14.7 Å². The molecule has 3 aromatic heterocycles. The number of rotatable bonds is 5. The Labute approximate surface area is 147 Å². The van der Waals surface area contributed by atoms with Crippen LogP contribution >= 0.6 is 11.3 Å². The highest BCUT2D eigenvalue weighted by molar-refractivity contribution is 7.13. The largest absolute Gasteiger partial charge is 0.478 e. The van der Waals surface area contributed by atoms with Gasteiger partial charge in [0.25, 0.3) is 5.56 Å². The topological polar surface area (TPSA) is 97.1 Å². The lowest BCUT2D eigenvalue weighted by atomic mass is 10.1. The molecule has 0 saturated heterocycles. The Morgan fingerprint density at radius 1 is 1.40 bits per heavy atom. The number of aromatic carboxylic acids is 1. The molecule has 3 heterocycles. The highest BCUT2D eigenvalue weighted by atomic mass is 32.1. The molecule has 8 heteroatoms. The molecule has 0 atom stereocenters. The zero-order valence-corrected chi connectivity index (χ0v) is 14.5. The van der Waals surface area contributed by atoms with Crippen molar-refractivity contribution in [1.82, 2.24) is 14.8 Å². The Morgan fingerprint density at radius 3 is 2.80 bits per heavy atom. The number of thiophene rings is 1. The third kappa shape index (κ3) is 3.16. The molecule has 0 radical (unpaired) electrons. The first-order chi connectivity index (χ1) is 12.0. The molecule has 0 aliphatic heterocycles. The van der Waals surface area contributed by atoms with Gasteiger partial charge in [-0.25, -0.2) is 9.48 Å². The van der Waals surface area contributed by atoms with Crippen molar-refractivity contribution in [3.8, 4) is 10.6 Å². The summed E-state index contributed by atoms with van der Waals surface area (Å²) >= 11 is 1.37. The number of carboxylic acid groups (broad SMARTS) is 1. The van der Waals surface area contributed by atoms with E-state index in [4.69, 9.17) is 0 Å². The quantitative estimate of drug-likeness (QED) is 0.729. The van der Waals surface area contributed by atoms with Crippen molar-refractivity contribution in [3.63, 3.8) is 0 Å². The number of nitrogens with zero attached hydrogens (tertiary/aromatic N) is 3. The van der Waals surface area contributed by atoms with Crippen LogP contribution in [0.4, 0.5) is 11.4 Å². The fourth-order valence-corrected chi connectivity index (χ4v) is 3.14.